The fourth-order valence-electron chi connectivity index (χ4n) is 2.82. The number of nitrogens with one attached hydrogen (secondary N) is 2. The summed E-state index contributed by atoms with van der Waals surface area (Å²) in [6.45, 7) is 1.76. The van der Waals surface area contributed by atoms with Gasteiger partial charge in [0.15, 0.2) is 0 Å². The quantitative estimate of drug-likeness (QED) is 0.793. The third-order valence-corrected chi connectivity index (χ3v) is 4.12. The number of rotatable bonds is 4. The van der Waals surface area contributed by atoms with Gasteiger partial charge in [-0.2, -0.15) is 0 Å². The summed E-state index contributed by atoms with van der Waals surface area (Å²) in [7, 11) is 0. The molecule has 0 bridgehead atoms. The number of halogens is 1. The molecule has 2 amide bonds. The second kappa shape index (κ2) is 6.87. The maximum Gasteiger partial charge on any atom is 0.243 e. The molecule has 6 heteroatoms. The summed E-state index contributed by atoms with van der Waals surface area (Å²) in [6.07, 6.45) is 3.57. The predicted octanol–water partition coefficient (Wildman–Crippen LogP) is 1.79. The van der Waals surface area contributed by atoms with E-state index in [1.54, 1.807) is 0 Å². The van der Waals surface area contributed by atoms with Gasteiger partial charge in [0.2, 0.25) is 11.8 Å². The van der Waals surface area contributed by atoms with Gasteiger partial charge in [0.25, 0.3) is 0 Å². The maximum absolute atomic E-state index is 12.8. The fourth-order valence-corrected chi connectivity index (χ4v) is 2.82. The lowest BCUT2D eigenvalue weighted by Gasteiger charge is -2.37. The normalized spacial score (nSPS) is 24.6. The molecule has 2 atom stereocenters. The molecule has 0 spiro atoms. The highest BCUT2D eigenvalue weighted by atomic mass is 19.1. The van der Waals surface area contributed by atoms with Crippen LogP contribution >= 0.6 is 0 Å². The standard InChI is InChI=1S/C16H22FN3O2/c1-16(18)9-3-2-4-13(16)15(22)19-10-14(21)20-12-7-5-11(17)6-8-12/h5-8,13H,2-4,9-10,18H2,1H3,(H,19,22)(H,20,21). The highest BCUT2D eigenvalue weighted by Gasteiger charge is 2.37. The van der Waals surface area contributed by atoms with Gasteiger partial charge in [-0.05, 0) is 44.0 Å². The lowest BCUT2D eigenvalue weighted by Crippen LogP contribution is -2.53. The molecular weight excluding hydrogens is 285 g/mol. The number of carbonyl (C=O) groups excluding carboxylic acids is 2. The van der Waals surface area contributed by atoms with E-state index in [1.807, 2.05) is 6.92 Å². The molecule has 5 nitrogen and oxygen atoms in total. The molecule has 0 aromatic heterocycles. The van der Waals surface area contributed by atoms with Gasteiger partial charge >= 0.3 is 0 Å². The van der Waals surface area contributed by atoms with E-state index < -0.39 is 5.54 Å². The van der Waals surface area contributed by atoms with E-state index in [2.05, 4.69) is 10.6 Å². The minimum Gasteiger partial charge on any atom is -0.347 e. The fraction of sp³-hybridized carbons (Fsp3) is 0.500. The monoisotopic (exact) mass is 307 g/mol. The zero-order chi connectivity index (χ0) is 16.2. The highest BCUT2D eigenvalue weighted by Crippen LogP contribution is 2.31. The van der Waals surface area contributed by atoms with Gasteiger partial charge in [0, 0.05) is 11.2 Å². The Bertz CT molecular complexity index is 543. The van der Waals surface area contributed by atoms with Crippen molar-refractivity contribution in [1.82, 2.24) is 5.32 Å². The smallest absolute Gasteiger partial charge is 0.243 e. The van der Waals surface area contributed by atoms with Crippen molar-refractivity contribution in [3.63, 3.8) is 0 Å². The molecular formula is C16H22FN3O2. The predicted molar refractivity (Wildman–Crippen MR) is 82.6 cm³/mol. The van der Waals surface area contributed by atoms with Crippen LogP contribution in [0.25, 0.3) is 0 Å². The largest absolute Gasteiger partial charge is 0.347 e. The van der Waals surface area contributed by atoms with E-state index in [9.17, 15) is 14.0 Å². The summed E-state index contributed by atoms with van der Waals surface area (Å²) in [5.41, 5.74) is 6.14. The van der Waals surface area contributed by atoms with Crippen LogP contribution in [0.5, 0.6) is 0 Å². The van der Waals surface area contributed by atoms with Gasteiger partial charge in [-0.15, -0.1) is 0 Å². The Morgan fingerprint density at radius 1 is 1.32 bits per heavy atom. The van der Waals surface area contributed by atoms with Gasteiger partial charge in [-0.3, -0.25) is 9.59 Å². The van der Waals surface area contributed by atoms with Crippen LogP contribution in [0.15, 0.2) is 24.3 Å². The third kappa shape index (κ3) is 4.27. The van der Waals surface area contributed by atoms with Crippen LogP contribution in [0, 0.1) is 11.7 Å². The average molecular weight is 307 g/mol. The molecule has 0 aliphatic heterocycles. The van der Waals surface area contributed by atoms with Crippen molar-refractivity contribution in [1.29, 1.82) is 0 Å². The van der Waals surface area contributed by atoms with E-state index >= 15 is 0 Å². The lowest BCUT2D eigenvalue weighted by molar-refractivity contribution is -0.130. The first-order chi connectivity index (χ1) is 10.4. The first-order valence-electron chi connectivity index (χ1n) is 7.50. The molecule has 0 heterocycles. The summed E-state index contributed by atoms with van der Waals surface area (Å²) in [6, 6.07) is 5.45. The van der Waals surface area contributed by atoms with E-state index in [-0.39, 0.29) is 30.1 Å². The number of nitrogens with two attached hydrogens (primary N) is 1. The van der Waals surface area contributed by atoms with Crippen molar-refractivity contribution in [3.05, 3.63) is 30.1 Å². The van der Waals surface area contributed by atoms with Gasteiger partial charge in [-0.1, -0.05) is 12.8 Å². The molecule has 4 N–H and O–H groups in total. The van der Waals surface area contributed by atoms with E-state index in [4.69, 9.17) is 5.73 Å². The Morgan fingerprint density at radius 2 is 2.00 bits per heavy atom. The highest BCUT2D eigenvalue weighted by molar-refractivity contribution is 5.94. The molecule has 120 valence electrons. The molecule has 1 saturated carbocycles. The molecule has 2 unspecified atom stereocenters. The number of amides is 2. The van der Waals surface area contributed by atoms with Gasteiger partial charge in [0.05, 0.1) is 12.5 Å². The summed E-state index contributed by atoms with van der Waals surface area (Å²) in [5, 5.41) is 5.23. The minimum atomic E-state index is -0.518. The van der Waals surface area contributed by atoms with Crippen LogP contribution in [0.4, 0.5) is 10.1 Å². The Hall–Kier alpha value is -1.95. The van der Waals surface area contributed by atoms with Crippen molar-refractivity contribution in [2.24, 2.45) is 11.7 Å². The van der Waals surface area contributed by atoms with Crippen LogP contribution in [0.1, 0.15) is 32.6 Å². The molecule has 1 fully saturated rings. The van der Waals surface area contributed by atoms with Crippen LogP contribution in [0.3, 0.4) is 0 Å². The Kier molecular flexibility index (Phi) is 5.13. The van der Waals surface area contributed by atoms with Crippen molar-refractivity contribution in [3.8, 4) is 0 Å². The Morgan fingerprint density at radius 3 is 2.64 bits per heavy atom. The molecule has 1 aliphatic carbocycles. The summed E-state index contributed by atoms with van der Waals surface area (Å²) < 4.78 is 12.8. The second-order valence-corrected chi connectivity index (χ2v) is 6.08. The maximum atomic E-state index is 12.8. The molecule has 0 radical (unpaired) electrons. The van der Waals surface area contributed by atoms with Gasteiger partial charge in [-0.25, -0.2) is 4.39 Å². The average Bonchev–Trinajstić information content (AvgIpc) is 2.47. The van der Waals surface area contributed by atoms with Gasteiger partial charge < -0.3 is 16.4 Å². The summed E-state index contributed by atoms with van der Waals surface area (Å²) in [5.74, 6) is -1.17. The van der Waals surface area contributed by atoms with Gasteiger partial charge in [0.1, 0.15) is 5.82 Å². The number of carbonyl (C=O) groups is 2. The Balaban J connectivity index is 1.82. The third-order valence-electron chi connectivity index (χ3n) is 4.12. The van der Waals surface area contributed by atoms with E-state index in [1.165, 1.54) is 24.3 Å². The van der Waals surface area contributed by atoms with Crippen LogP contribution in [-0.4, -0.2) is 23.9 Å². The molecule has 1 aromatic rings. The SMILES string of the molecule is CC1(N)CCCCC1C(=O)NCC(=O)Nc1ccc(F)cc1. The van der Waals surface area contributed by atoms with Crippen LogP contribution in [0.2, 0.25) is 0 Å². The minimum absolute atomic E-state index is 0.122. The zero-order valence-electron chi connectivity index (χ0n) is 12.7. The van der Waals surface area contributed by atoms with Crippen molar-refractivity contribution in [2.45, 2.75) is 38.1 Å². The second-order valence-electron chi connectivity index (χ2n) is 6.08. The lowest BCUT2D eigenvalue weighted by atomic mass is 9.74. The number of hydrogen-bond donors (Lipinski definition) is 3. The summed E-state index contributed by atoms with van der Waals surface area (Å²) in [4.78, 5) is 24.0. The van der Waals surface area contributed by atoms with Crippen molar-refractivity contribution < 1.29 is 14.0 Å². The van der Waals surface area contributed by atoms with E-state index in [0.717, 1.165) is 25.7 Å². The van der Waals surface area contributed by atoms with Crippen LogP contribution in [-0.2, 0) is 9.59 Å². The molecule has 1 aromatic carbocycles. The van der Waals surface area contributed by atoms with E-state index in [0.29, 0.717) is 5.69 Å². The Labute approximate surface area is 129 Å². The topological polar surface area (TPSA) is 84.2 Å². The molecule has 0 saturated heterocycles. The summed E-state index contributed by atoms with van der Waals surface area (Å²) >= 11 is 0. The molecule has 2 rings (SSSR count). The first kappa shape index (κ1) is 16.4. The first-order valence-corrected chi connectivity index (χ1v) is 7.50. The molecule has 22 heavy (non-hydrogen) atoms. The number of hydrogen-bond acceptors (Lipinski definition) is 3. The zero-order valence-corrected chi connectivity index (χ0v) is 12.7. The van der Waals surface area contributed by atoms with Crippen molar-refractivity contribution >= 4 is 17.5 Å². The number of benzene rings is 1. The van der Waals surface area contributed by atoms with Crippen LogP contribution < -0.4 is 16.4 Å². The van der Waals surface area contributed by atoms with Crippen molar-refractivity contribution in [2.75, 3.05) is 11.9 Å². The number of anilines is 1. The molecule has 1 aliphatic rings.